The molecule has 1 aliphatic rings. The Kier molecular flexibility index (Phi) is 4.75. The largest absolute Gasteiger partial charge is 0.0652 e. The third kappa shape index (κ3) is 3.01. The van der Waals surface area contributed by atoms with Gasteiger partial charge in [-0.3, -0.25) is 0 Å². The van der Waals surface area contributed by atoms with Crippen molar-refractivity contribution in [2.24, 2.45) is 0 Å². The quantitative estimate of drug-likeness (QED) is 0.457. The smallest absolute Gasteiger partial charge is 0.00576 e. The van der Waals surface area contributed by atoms with Gasteiger partial charge in [-0.1, -0.05) is 98.6 Å². The summed E-state index contributed by atoms with van der Waals surface area (Å²) in [6, 6.07) is 24.3. The molecule has 0 heteroatoms. The van der Waals surface area contributed by atoms with E-state index in [1.165, 1.54) is 51.8 Å². The lowest BCUT2D eigenvalue weighted by molar-refractivity contribution is 0.886. The van der Waals surface area contributed by atoms with Crippen LogP contribution < -0.4 is 0 Å². The first-order valence-electron chi connectivity index (χ1n) is 9.80. The molecule has 0 fully saturated rings. The predicted molar refractivity (Wildman–Crippen MR) is 113 cm³/mol. The van der Waals surface area contributed by atoms with E-state index in [4.69, 9.17) is 0 Å². The van der Waals surface area contributed by atoms with Crippen LogP contribution in [0.25, 0.3) is 28.3 Å². The molecule has 1 aliphatic carbocycles. The normalized spacial score (nSPS) is 12.8. The number of allylic oxidation sites excluding steroid dienone is 1. The standard InChI is InChI=1S/C26H26/c1-3-10-19-17-22-16-15-20(4-2)26(25(22)18-19)24-14-9-8-13-23(24)21-11-6-5-7-12-21/h5-9,11-16,18H,3-4,10,17H2,1-2H3. The first kappa shape index (κ1) is 16.8. The van der Waals surface area contributed by atoms with Crippen LogP contribution in [0.5, 0.6) is 0 Å². The van der Waals surface area contributed by atoms with E-state index in [-0.39, 0.29) is 0 Å². The molecular weight excluding hydrogens is 312 g/mol. The van der Waals surface area contributed by atoms with Gasteiger partial charge in [0.25, 0.3) is 0 Å². The van der Waals surface area contributed by atoms with E-state index in [1.807, 2.05) is 0 Å². The molecule has 0 atom stereocenters. The minimum absolute atomic E-state index is 1.06. The molecule has 0 saturated heterocycles. The van der Waals surface area contributed by atoms with Gasteiger partial charge in [-0.15, -0.1) is 0 Å². The molecule has 0 aliphatic heterocycles. The zero-order valence-electron chi connectivity index (χ0n) is 15.8. The highest BCUT2D eigenvalue weighted by atomic mass is 14.2. The van der Waals surface area contributed by atoms with Crippen LogP contribution in [0.15, 0.2) is 72.3 Å². The molecule has 0 N–H and O–H groups in total. The second-order valence-corrected chi connectivity index (χ2v) is 7.17. The molecule has 0 aromatic heterocycles. The van der Waals surface area contributed by atoms with Gasteiger partial charge in [0.05, 0.1) is 0 Å². The predicted octanol–water partition coefficient (Wildman–Crippen LogP) is 7.32. The Bertz CT molecular complexity index is 945. The van der Waals surface area contributed by atoms with E-state index in [0.29, 0.717) is 0 Å². The van der Waals surface area contributed by atoms with E-state index < -0.39 is 0 Å². The zero-order valence-corrected chi connectivity index (χ0v) is 15.8. The number of hydrogen-bond acceptors (Lipinski definition) is 0. The first-order chi connectivity index (χ1) is 12.8. The molecule has 0 amide bonds. The highest BCUT2D eigenvalue weighted by molar-refractivity contribution is 5.91. The zero-order chi connectivity index (χ0) is 17.9. The van der Waals surface area contributed by atoms with Crippen LogP contribution in [0.3, 0.4) is 0 Å². The number of rotatable bonds is 5. The van der Waals surface area contributed by atoms with Crippen LogP contribution in [-0.2, 0) is 12.8 Å². The number of aryl methyl sites for hydroxylation is 1. The topological polar surface area (TPSA) is 0 Å². The molecule has 0 radical (unpaired) electrons. The lowest BCUT2D eigenvalue weighted by Gasteiger charge is -2.17. The van der Waals surface area contributed by atoms with Crippen LogP contribution in [0.2, 0.25) is 0 Å². The SMILES string of the molecule is CCCC1=Cc2c(ccc(CC)c2-c2ccccc2-c2ccccc2)C1. The summed E-state index contributed by atoms with van der Waals surface area (Å²) in [7, 11) is 0. The van der Waals surface area contributed by atoms with Gasteiger partial charge in [0.1, 0.15) is 0 Å². The maximum atomic E-state index is 2.47. The minimum atomic E-state index is 1.06. The van der Waals surface area contributed by atoms with E-state index in [9.17, 15) is 0 Å². The number of hydrogen-bond donors (Lipinski definition) is 0. The summed E-state index contributed by atoms with van der Waals surface area (Å²) in [5.41, 5.74) is 11.4. The molecule has 4 rings (SSSR count). The lowest BCUT2D eigenvalue weighted by atomic mass is 9.87. The average molecular weight is 338 g/mol. The van der Waals surface area contributed by atoms with Crippen molar-refractivity contribution in [3.05, 3.63) is 89.0 Å². The maximum Gasteiger partial charge on any atom is -0.00576 e. The van der Waals surface area contributed by atoms with Gasteiger partial charge in [0.15, 0.2) is 0 Å². The van der Waals surface area contributed by atoms with Gasteiger partial charge in [-0.05, 0) is 58.2 Å². The van der Waals surface area contributed by atoms with Crippen molar-refractivity contribution >= 4 is 6.08 Å². The van der Waals surface area contributed by atoms with E-state index >= 15 is 0 Å². The molecule has 3 aromatic rings. The van der Waals surface area contributed by atoms with Gasteiger partial charge < -0.3 is 0 Å². The lowest BCUT2D eigenvalue weighted by Crippen LogP contribution is -1.96. The van der Waals surface area contributed by atoms with Gasteiger partial charge in [0, 0.05) is 0 Å². The first-order valence-corrected chi connectivity index (χ1v) is 9.80. The highest BCUT2D eigenvalue weighted by Crippen LogP contribution is 2.41. The summed E-state index contributed by atoms with van der Waals surface area (Å²) in [4.78, 5) is 0. The summed E-state index contributed by atoms with van der Waals surface area (Å²) in [6.07, 6.45) is 7.07. The van der Waals surface area contributed by atoms with Crippen LogP contribution in [0, 0.1) is 0 Å². The second-order valence-electron chi connectivity index (χ2n) is 7.17. The summed E-state index contributed by atoms with van der Waals surface area (Å²) >= 11 is 0. The summed E-state index contributed by atoms with van der Waals surface area (Å²) < 4.78 is 0. The second kappa shape index (κ2) is 7.33. The van der Waals surface area contributed by atoms with E-state index in [1.54, 1.807) is 5.57 Å². The summed E-state index contributed by atoms with van der Waals surface area (Å²) in [5.74, 6) is 0. The van der Waals surface area contributed by atoms with Crippen molar-refractivity contribution < 1.29 is 0 Å². The van der Waals surface area contributed by atoms with E-state index in [2.05, 4.69) is 86.7 Å². The molecular formula is C26H26. The maximum absolute atomic E-state index is 2.47. The monoisotopic (exact) mass is 338 g/mol. The van der Waals surface area contributed by atoms with Crippen molar-refractivity contribution in [2.45, 2.75) is 39.5 Å². The highest BCUT2D eigenvalue weighted by Gasteiger charge is 2.20. The summed E-state index contributed by atoms with van der Waals surface area (Å²) in [5, 5.41) is 0. The molecule has 3 aromatic carbocycles. The molecule has 0 spiro atoms. The van der Waals surface area contributed by atoms with Gasteiger partial charge in [0.2, 0.25) is 0 Å². The Hall–Kier alpha value is -2.60. The Morgan fingerprint density at radius 2 is 1.50 bits per heavy atom. The molecule has 0 nitrogen and oxygen atoms in total. The average Bonchev–Trinajstić information content (AvgIpc) is 3.10. The van der Waals surface area contributed by atoms with Crippen molar-refractivity contribution in [1.29, 1.82) is 0 Å². The molecule has 0 saturated carbocycles. The Labute approximate surface area is 157 Å². The van der Waals surface area contributed by atoms with Crippen LogP contribution in [0.1, 0.15) is 43.4 Å². The van der Waals surface area contributed by atoms with Gasteiger partial charge in [-0.2, -0.15) is 0 Å². The number of fused-ring (bicyclic) bond motifs is 1. The molecule has 26 heavy (non-hydrogen) atoms. The van der Waals surface area contributed by atoms with Crippen molar-refractivity contribution in [2.75, 3.05) is 0 Å². The van der Waals surface area contributed by atoms with Gasteiger partial charge in [-0.25, -0.2) is 0 Å². The fraction of sp³-hybridized carbons (Fsp3) is 0.231. The fourth-order valence-corrected chi connectivity index (χ4v) is 4.19. The van der Waals surface area contributed by atoms with Crippen molar-refractivity contribution in [3.63, 3.8) is 0 Å². The molecule has 0 bridgehead atoms. The van der Waals surface area contributed by atoms with Gasteiger partial charge >= 0.3 is 0 Å². The molecule has 130 valence electrons. The number of benzene rings is 3. The van der Waals surface area contributed by atoms with Crippen molar-refractivity contribution in [1.82, 2.24) is 0 Å². The fourth-order valence-electron chi connectivity index (χ4n) is 4.19. The Balaban J connectivity index is 1.94. The van der Waals surface area contributed by atoms with Crippen molar-refractivity contribution in [3.8, 4) is 22.3 Å². The molecule has 0 heterocycles. The third-order valence-electron chi connectivity index (χ3n) is 5.42. The Morgan fingerprint density at radius 1 is 0.769 bits per heavy atom. The third-order valence-corrected chi connectivity index (χ3v) is 5.42. The van der Waals surface area contributed by atoms with E-state index in [0.717, 1.165) is 12.8 Å². The molecule has 0 unspecified atom stereocenters. The van der Waals surface area contributed by atoms with Crippen LogP contribution in [-0.4, -0.2) is 0 Å². The summed E-state index contributed by atoms with van der Waals surface area (Å²) in [6.45, 7) is 4.54. The minimum Gasteiger partial charge on any atom is -0.0652 e. The van der Waals surface area contributed by atoms with Crippen LogP contribution in [0.4, 0.5) is 0 Å². The Morgan fingerprint density at radius 3 is 2.23 bits per heavy atom. The van der Waals surface area contributed by atoms with Crippen LogP contribution >= 0.6 is 0 Å².